The molecule has 0 saturated carbocycles. The van der Waals surface area contributed by atoms with Crippen LogP contribution in [0.3, 0.4) is 0 Å². The minimum atomic E-state index is -2.93. The quantitative estimate of drug-likeness (QED) is 0.661. The van der Waals surface area contributed by atoms with Crippen LogP contribution in [0.4, 0.5) is 19.3 Å². The zero-order chi connectivity index (χ0) is 20.6. The smallest absolute Gasteiger partial charge is 0.387 e. The normalized spacial score (nSPS) is 19.7. The highest BCUT2D eigenvalue weighted by atomic mass is 19.3. The van der Waals surface area contributed by atoms with Gasteiger partial charge in [0.2, 0.25) is 0 Å². The number of halogens is 2. The lowest BCUT2D eigenvalue weighted by Gasteiger charge is -2.38. The first kappa shape index (κ1) is 21.0. The highest BCUT2D eigenvalue weighted by Gasteiger charge is 2.30. The minimum absolute atomic E-state index is 0.0275. The third kappa shape index (κ3) is 6.40. The summed E-state index contributed by atoms with van der Waals surface area (Å²) in [6.45, 7) is -0.686. The van der Waals surface area contributed by atoms with Crippen molar-refractivity contribution in [2.45, 2.75) is 25.6 Å². The number of carbonyl (C=O) groups excluding carboxylic acids is 1. The van der Waals surface area contributed by atoms with Gasteiger partial charge in [0.25, 0.3) is 0 Å². The number of benzene rings is 2. The van der Waals surface area contributed by atoms with Gasteiger partial charge in [0.05, 0.1) is 0 Å². The molecule has 2 atom stereocenters. The van der Waals surface area contributed by atoms with Crippen molar-refractivity contribution in [1.82, 2.24) is 10.2 Å². The predicted molar refractivity (Wildman–Crippen MR) is 106 cm³/mol. The molecule has 1 heterocycles. The molecule has 2 aromatic carbocycles. The first-order valence-corrected chi connectivity index (χ1v) is 9.53. The predicted octanol–water partition coefficient (Wildman–Crippen LogP) is 3.29. The Hall–Kier alpha value is -2.71. The van der Waals surface area contributed by atoms with Gasteiger partial charge in [-0.15, -0.1) is 0 Å². The van der Waals surface area contributed by atoms with Crippen molar-refractivity contribution in [3.63, 3.8) is 0 Å². The number of urea groups is 1. The topological polar surface area (TPSA) is 73.8 Å². The van der Waals surface area contributed by atoms with E-state index in [1.807, 2.05) is 18.2 Å². The summed E-state index contributed by atoms with van der Waals surface area (Å²) in [6, 6.07) is 15.3. The summed E-state index contributed by atoms with van der Waals surface area (Å²) in [5, 5.41) is 15.3. The van der Waals surface area contributed by atoms with Gasteiger partial charge in [-0.2, -0.15) is 8.78 Å². The maximum atomic E-state index is 12.3. The summed E-state index contributed by atoms with van der Waals surface area (Å²) in [5.41, 5.74) is 1.56. The van der Waals surface area contributed by atoms with Crippen molar-refractivity contribution in [2.24, 2.45) is 5.92 Å². The number of anilines is 1. The van der Waals surface area contributed by atoms with Crippen LogP contribution >= 0.6 is 0 Å². The molecule has 8 heteroatoms. The molecule has 0 unspecified atom stereocenters. The number of hydrogen-bond acceptors (Lipinski definition) is 4. The molecule has 1 aliphatic heterocycles. The number of nitrogens with zero attached hydrogens (tertiary/aromatic N) is 1. The van der Waals surface area contributed by atoms with Crippen LogP contribution in [0, 0.1) is 5.92 Å². The van der Waals surface area contributed by atoms with E-state index in [9.17, 15) is 18.7 Å². The molecule has 0 spiro atoms. The molecule has 0 aliphatic carbocycles. The summed E-state index contributed by atoms with van der Waals surface area (Å²) in [7, 11) is 0. The van der Waals surface area contributed by atoms with E-state index < -0.39 is 12.6 Å². The molecule has 1 saturated heterocycles. The third-order valence-corrected chi connectivity index (χ3v) is 4.94. The molecule has 1 fully saturated rings. The van der Waals surface area contributed by atoms with Crippen LogP contribution < -0.4 is 15.4 Å². The van der Waals surface area contributed by atoms with E-state index in [1.54, 1.807) is 6.07 Å². The minimum Gasteiger partial charge on any atom is -0.435 e. The molecule has 2 amide bonds. The second-order valence-corrected chi connectivity index (χ2v) is 7.06. The average molecular weight is 405 g/mol. The fourth-order valence-corrected chi connectivity index (χ4v) is 3.55. The number of amides is 2. The van der Waals surface area contributed by atoms with Crippen LogP contribution in [-0.2, 0) is 6.54 Å². The van der Waals surface area contributed by atoms with Gasteiger partial charge in [0.1, 0.15) is 5.75 Å². The van der Waals surface area contributed by atoms with Gasteiger partial charge in [0.15, 0.2) is 0 Å². The van der Waals surface area contributed by atoms with Gasteiger partial charge in [0, 0.05) is 50.0 Å². The van der Waals surface area contributed by atoms with Crippen molar-refractivity contribution in [3.8, 4) is 5.75 Å². The fourth-order valence-electron chi connectivity index (χ4n) is 3.55. The first-order chi connectivity index (χ1) is 14.0. The Kier molecular flexibility index (Phi) is 7.37. The van der Waals surface area contributed by atoms with Crippen molar-refractivity contribution < 1.29 is 23.4 Å². The third-order valence-electron chi connectivity index (χ3n) is 4.94. The van der Waals surface area contributed by atoms with Crippen LogP contribution in [0.5, 0.6) is 5.75 Å². The molecule has 0 bridgehead atoms. The lowest BCUT2D eigenvalue weighted by molar-refractivity contribution is -0.0498. The number of likely N-dealkylation sites (tertiary alicyclic amines) is 1. The van der Waals surface area contributed by atoms with Gasteiger partial charge in [-0.1, -0.05) is 36.4 Å². The average Bonchev–Trinajstić information content (AvgIpc) is 2.69. The number of alkyl halides is 2. The molecule has 6 nitrogen and oxygen atoms in total. The Balaban J connectivity index is 1.52. The van der Waals surface area contributed by atoms with Crippen LogP contribution in [0.1, 0.15) is 12.0 Å². The molecule has 1 aliphatic rings. The summed E-state index contributed by atoms with van der Waals surface area (Å²) < 4.78 is 29.0. The highest BCUT2D eigenvalue weighted by molar-refractivity contribution is 5.89. The number of aliphatic hydroxyl groups excluding tert-OH is 1. The van der Waals surface area contributed by atoms with Crippen LogP contribution in [-0.4, -0.2) is 48.4 Å². The summed E-state index contributed by atoms with van der Waals surface area (Å²) in [5.74, 6) is -0.119. The number of nitrogens with one attached hydrogen (secondary N) is 2. The Bertz CT molecular complexity index is 792. The van der Waals surface area contributed by atoms with Gasteiger partial charge in [-0.25, -0.2) is 4.79 Å². The maximum absolute atomic E-state index is 12.3. The molecule has 29 heavy (non-hydrogen) atoms. The number of aliphatic hydroxyl groups is 1. The van der Waals surface area contributed by atoms with Crippen molar-refractivity contribution >= 4 is 11.7 Å². The second kappa shape index (κ2) is 10.2. The summed E-state index contributed by atoms with van der Waals surface area (Å²) in [4.78, 5) is 14.6. The van der Waals surface area contributed by atoms with E-state index in [0.29, 0.717) is 18.7 Å². The Morgan fingerprint density at radius 3 is 2.72 bits per heavy atom. The lowest BCUT2D eigenvalue weighted by atomic mass is 9.92. The van der Waals surface area contributed by atoms with Gasteiger partial charge >= 0.3 is 12.6 Å². The Labute approximate surface area is 168 Å². The summed E-state index contributed by atoms with van der Waals surface area (Å²) >= 11 is 0. The fraction of sp³-hybridized carbons (Fsp3) is 0.381. The van der Waals surface area contributed by atoms with E-state index in [1.165, 1.54) is 23.8 Å². The molecule has 0 aromatic heterocycles. The highest BCUT2D eigenvalue weighted by Crippen LogP contribution is 2.21. The van der Waals surface area contributed by atoms with Crippen molar-refractivity contribution in [2.75, 3.05) is 25.0 Å². The molecular weight excluding hydrogens is 380 g/mol. The van der Waals surface area contributed by atoms with E-state index in [2.05, 4.69) is 32.4 Å². The number of ether oxygens (including phenoxy) is 1. The maximum Gasteiger partial charge on any atom is 0.387 e. The first-order valence-electron chi connectivity index (χ1n) is 9.53. The monoisotopic (exact) mass is 405 g/mol. The molecule has 3 rings (SSSR count). The second-order valence-electron chi connectivity index (χ2n) is 7.06. The van der Waals surface area contributed by atoms with Crippen molar-refractivity contribution in [1.29, 1.82) is 0 Å². The molecule has 0 radical (unpaired) electrons. The van der Waals surface area contributed by atoms with Crippen molar-refractivity contribution in [3.05, 3.63) is 60.2 Å². The van der Waals surface area contributed by atoms with Crippen LogP contribution in [0.2, 0.25) is 0 Å². The van der Waals surface area contributed by atoms with E-state index in [0.717, 1.165) is 13.1 Å². The summed E-state index contributed by atoms with van der Waals surface area (Å²) in [6.07, 6.45) is 0.708. The van der Waals surface area contributed by atoms with Gasteiger partial charge in [-0.05, 0) is 24.1 Å². The molecule has 3 N–H and O–H groups in total. The standard InChI is InChI=1S/C21H25F2N3O3/c22-20(23)29-18-8-4-7-17(11-18)24-21(28)25-19-9-10-26(13-16(19)14-27)12-15-5-2-1-3-6-15/h1-8,11,16,19-20,27H,9-10,12-14H2,(H2,24,25,28)/t16-,19-/m0/s1. The largest absolute Gasteiger partial charge is 0.435 e. The molecular formula is C21H25F2N3O3. The lowest BCUT2D eigenvalue weighted by Crippen LogP contribution is -2.52. The zero-order valence-electron chi connectivity index (χ0n) is 15.9. The Morgan fingerprint density at radius 2 is 2.00 bits per heavy atom. The van der Waals surface area contributed by atoms with Crippen LogP contribution in [0.15, 0.2) is 54.6 Å². The van der Waals surface area contributed by atoms with E-state index in [-0.39, 0.29) is 24.3 Å². The number of piperidine rings is 1. The number of rotatable bonds is 7. The van der Waals surface area contributed by atoms with Gasteiger partial charge in [-0.3, -0.25) is 4.90 Å². The van der Waals surface area contributed by atoms with E-state index in [4.69, 9.17) is 0 Å². The number of carbonyl (C=O) groups is 1. The van der Waals surface area contributed by atoms with E-state index >= 15 is 0 Å². The molecule has 2 aromatic rings. The SMILES string of the molecule is O=C(Nc1cccc(OC(F)F)c1)N[C@H]1CCN(Cc2ccccc2)C[C@H]1CO. The Morgan fingerprint density at radius 1 is 1.21 bits per heavy atom. The zero-order valence-corrected chi connectivity index (χ0v) is 15.9. The number of hydrogen-bond donors (Lipinski definition) is 3. The van der Waals surface area contributed by atoms with Gasteiger partial charge < -0.3 is 20.5 Å². The molecule has 156 valence electrons. The van der Waals surface area contributed by atoms with Crippen LogP contribution in [0.25, 0.3) is 0 Å².